The smallest absolute Gasteiger partial charge is 0.301 e. The van der Waals surface area contributed by atoms with E-state index in [9.17, 15) is 24.8 Å². The van der Waals surface area contributed by atoms with Crippen LogP contribution in [-0.4, -0.2) is 32.8 Å². The molecule has 1 amide bonds. The van der Waals surface area contributed by atoms with Gasteiger partial charge >= 0.3 is 5.91 Å². The van der Waals surface area contributed by atoms with Crippen LogP contribution in [0.4, 0.5) is 10.8 Å². The summed E-state index contributed by atoms with van der Waals surface area (Å²) in [5.41, 5.74) is 1.22. The zero-order chi connectivity index (χ0) is 23.3. The van der Waals surface area contributed by atoms with Crippen LogP contribution >= 0.6 is 11.3 Å². The van der Waals surface area contributed by atoms with Gasteiger partial charge in [-0.3, -0.25) is 24.6 Å². The van der Waals surface area contributed by atoms with Crippen LogP contribution in [-0.2, 0) is 16.0 Å². The molecule has 0 spiro atoms. The van der Waals surface area contributed by atoms with E-state index in [2.05, 4.69) is 4.98 Å². The van der Waals surface area contributed by atoms with Crippen LogP contribution in [0.15, 0.2) is 59.6 Å². The van der Waals surface area contributed by atoms with Crippen molar-refractivity contribution in [2.75, 3.05) is 4.90 Å². The highest BCUT2D eigenvalue weighted by molar-refractivity contribution is 7.14. The van der Waals surface area contributed by atoms with Crippen molar-refractivity contribution in [3.8, 4) is 5.75 Å². The number of Topliss-reactive ketones (excluding diaryl/α,β-unsaturated/α-hetero) is 1. The number of aliphatic hydroxyl groups is 1. The van der Waals surface area contributed by atoms with Gasteiger partial charge in [-0.05, 0) is 36.2 Å². The highest BCUT2D eigenvalue weighted by Crippen LogP contribution is 2.43. The molecule has 3 heterocycles. The highest BCUT2D eigenvalue weighted by atomic mass is 32.1. The first-order valence-electron chi connectivity index (χ1n) is 10.1. The van der Waals surface area contributed by atoms with Crippen molar-refractivity contribution in [1.29, 1.82) is 0 Å². The first-order chi connectivity index (χ1) is 15.8. The fourth-order valence-corrected chi connectivity index (χ4v) is 4.88. The number of rotatable bonds is 4. The van der Waals surface area contributed by atoms with Gasteiger partial charge in [0.25, 0.3) is 11.5 Å². The molecule has 9 nitrogen and oxygen atoms in total. The lowest BCUT2D eigenvalue weighted by Gasteiger charge is -2.22. The minimum atomic E-state index is -1.07. The lowest BCUT2D eigenvalue weighted by molar-refractivity contribution is -0.384. The molecule has 0 radical (unpaired) electrons. The second kappa shape index (κ2) is 7.82. The molecular weight excluding hydrogens is 446 g/mol. The maximum absolute atomic E-state index is 13.1. The number of carbonyl (C=O) groups is 2. The monoisotopic (exact) mass is 463 g/mol. The van der Waals surface area contributed by atoms with Gasteiger partial charge in [-0.1, -0.05) is 12.1 Å². The van der Waals surface area contributed by atoms with Crippen molar-refractivity contribution in [2.45, 2.75) is 25.5 Å². The molecule has 0 saturated carbocycles. The van der Waals surface area contributed by atoms with E-state index in [4.69, 9.17) is 4.74 Å². The Morgan fingerprint density at radius 2 is 2.09 bits per heavy atom. The molecule has 33 heavy (non-hydrogen) atoms. The van der Waals surface area contributed by atoms with Gasteiger partial charge in [0, 0.05) is 35.7 Å². The van der Waals surface area contributed by atoms with Crippen LogP contribution in [0.3, 0.4) is 0 Å². The van der Waals surface area contributed by atoms with E-state index in [0.717, 1.165) is 16.9 Å². The van der Waals surface area contributed by atoms with Gasteiger partial charge in [0.05, 0.1) is 16.5 Å². The number of nitro benzene ring substituents is 1. The Bertz CT molecular complexity index is 1330. The molecule has 1 saturated heterocycles. The molecule has 2 aliphatic rings. The van der Waals surface area contributed by atoms with Crippen LogP contribution < -0.4 is 9.64 Å². The Balaban J connectivity index is 1.70. The molecule has 0 bridgehead atoms. The summed E-state index contributed by atoms with van der Waals surface area (Å²) >= 11 is 1.15. The second-order valence-electron chi connectivity index (χ2n) is 7.79. The van der Waals surface area contributed by atoms with E-state index in [1.165, 1.54) is 29.3 Å². The lowest BCUT2D eigenvalue weighted by Crippen LogP contribution is -2.29. The summed E-state index contributed by atoms with van der Waals surface area (Å²) in [5.74, 6) is -1.39. The van der Waals surface area contributed by atoms with Gasteiger partial charge in [-0.2, -0.15) is 0 Å². The van der Waals surface area contributed by atoms with E-state index in [0.29, 0.717) is 23.3 Å². The largest absolute Gasteiger partial charge is 0.507 e. The lowest BCUT2D eigenvalue weighted by atomic mass is 9.94. The number of nitro groups is 1. The molecule has 166 valence electrons. The van der Waals surface area contributed by atoms with E-state index < -0.39 is 22.7 Å². The number of nitrogens with zero attached hydrogens (tertiary/aromatic N) is 3. The summed E-state index contributed by atoms with van der Waals surface area (Å²) in [6, 6.07) is 9.66. The van der Waals surface area contributed by atoms with E-state index in [1.807, 2.05) is 6.92 Å². The zero-order valence-electron chi connectivity index (χ0n) is 17.3. The number of hydrogen-bond acceptors (Lipinski definition) is 8. The summed E-state index contributed by atoms with van der Waals surface area (Å²) in [6.07, 6.45) is 2.14. The van der Waals surface area contributed by atoms with Crippen LogP contribution in [0.25, 0.3) is 5.76 Å². The van der Waals surface area contributed by atoms with Crippen LogP contribution in [0.2, 0.25) is 0 Å². The van der Waals surface area contributed by atoms with Gasteiger partial charge in [0.1, 0.15) is 17.6 Å². The number of non-ortho nitro benzene ring substituents is 1. The fourth-order valence-electron chi connectivity index (χ4n) is 4.21. The molecule has 1 fully saturated rings. The van der Waals surface area contributed by atoms with Crippen LogP contribution in [0, 0.1) is 10.1 Å². The van der Waals surface area contributed by atoms with Crippen molar-refractivity contribution in [1.82, 2.24) is 4.98 Å². The molecule has 10 heteroatoms. The van der Waals surface area contributed by atoms with Crippen molar-refractivity contribution in [2.24, 2.45) is 0 Å². The Hall–Kier alpha value is -4.05. The van der Waals surface area contributed by atoms with Gasteiger partial charge in [-0.15, -0.1) is 11.3 Å². The summed E-state index contributed by atoms with van der Waals surface area (Å²) in [7, 11) is 0. The highest BCUT2D eigenvalue weighted by Gasteiger charge is 2.48. The zero-order valence-corrected chi connectivity index (χ0v) is 18.1. The standard InChI is InChI=1S/C23H17N3O6S/c1-12-9-15-10-14(5-6-17(15)32-12)20(27)18-19(13-3-2-4-16(11-13)26(30)31)25(22(29)21(18)28)23-24-7-8-33-23/h2-8,10-12,19,27H,9H2,1H3/b20-18+/t12-,19-/m0/s1. The molecule has 1 N–H and O–H groups in total. The average Bonchev–Trinajstić information content (AvgIpc) is 3.51. The third-order valence-electron chi connectivity index (χ3n) is 5.64. The van der Waals surface area contributed by atoms with E-state index in [1.54, 1.807) is 29.6 Å². The first kappa shape index (κ1) is 20.8. The molecule has 2 aliphatic heterocycles. The van der Waals surface area contributed by atoms with Crippen molar-refractivity contribution in [3.05, 3.63) is 86.4 Å². The molecule has 2 aromatic carbocycles. The number of aliphatic hydroxyl groups excluding tert-OH is 1. The number of fused-ring (bicyclic) bond motifs is 1. The Labute approximate surface area is 191 Å². The normalized spacial score (nSPS) is 21.2. The SMILES string of the molecule is C[C@H]1Cc2cc(/C(O)=C3\C(=O)C(=O)N(c4nccs4)[C@H]3c3cccc([N+](=O)[O-])c3)ccc2O1. The molecule has 5 rings (SSSR count). The Morgan fingerprint density at radius 3 is 2.82 bits per heavy atom. The number of carbonyl (C=O) groups excluding carboxylic acids is 2. The third kappa shape index (κ3) is 3.44. The topological polar surface area (TPSA) is 123 Å². The number of ether oxygens (including phenoxy) is 1. The first-order valence-corrected chi connectivity index (χ1v) is 11.0. The van der Waals surface area contributed by atoms with Crippen molar-refractivity contribution in [3.63, 3.8) is 0 Å². The number of ketones is 1. The quantitative estimate of drug-likeness (QED) is 0.204. The summed E-state index contributed by atoms with van der Waals surface area (Å²) in [4.78, 5) is 42.3. The average molecular weight is 463 g/mol. The number of aromatic nitrogens is 1. The molecule has 3 aromatic rings. The van der Waals surface area contributed by atoms with Gasteiger partial charge < -0.3 is 9.84 Å². The molecule has 0 aliphatic carbocycles. The second-order valence-corrected chi connectivity index (χ2v) is 8.66. The van der Waals surface area contributed by atoms with Gasteiger partial charge in [-0.25, -0.2) is 4.98 Å². The Kier molecular flexibility index (Phi) is 4.94. The molecular formula is C23H17N3O6S. The van der Waals surface area contributed by atoms with Crippen LogP contribution in [0.5, 0.6) is 5.75 Å². The van der Waals surface area contributed by atoms with Crippen molar-refractivity contribution >= 4 is 39.6 Å². The molecule has 1 aromatic heterocycles. The number of anilines is 1. The fraction of sp³-hybridized carbons (Fsp3) is 0.174. The maximum Gasteiger partial charge on any atom is 0.301 e. The number of hydrogen-bond donors (Lipinski definition) is 1. The Morgan fingerprint density at radius 1 is 1.27 bits per heavy atom. The third-order valence-corrected chi connectivity index (χ3v) is 6.41. The molecule has 0 unspecified atom stereocenters. The van der Waals surface area contributed by atoms with E-state index in [-0.39, 0.29) is 28.3 Å². The number of thiazole rings is 1. The maximum atomic E-state index is 13.1. The van der Waals surface area contributed by atoms with Gasteiger partial charge in [0.15, 0.2) is 5.13 Å². The molecule has 2 atom stereocenters. The predicted molar refractivity (Wildman–Crippen MR) is 120 cm³/mol. The van der Waals surface area contributed by atoms with Gasteiger partial charge in [0.2, 0.25) is 0 Å². The number of benzene rings is 2. The van der Waals surface area contributed by atoms with Crippen LogP contribution in [0.1, 0.15) is 29.7 Å². The summed E-state index contributed by atoms with van der Waals surface area (Å²) in [6.45, 7) is 1.93. The minimum absolute atomic E-state index is 0.00209. The predicted octanol–water partition coefficient (Wildman–Crippen LogP) is 4.00. The summed E-state index contributed by atoms with van der Waals surface area (Å²) < 4.78 is 5.70. The minimum Gasteiger partial charge on any atom is -0.507 e. The van der Waals surface area contributed by atoms with E-state index >= 15 is 0 Å². The number of amides is 1. The summed E-state index contributed by atoms with van der Waals surface area (Å²) in [5, 5.41) is 24.5. The van der Waals surface area contributed by atoms with Crippen molar-refractivity contribution < 1.29 is 24.4 Å².